The Hall–Kier alpha value is -1.09. The molecule has 0 aromatic heterocycles. The van der Waals surface area contributed by atoms with Crippen LogP contribution in [-0.4, -0.2) is 53.1 Å². The van der Waals surface area contributed by atoms with Gasteiger partial charge in [-0.2, -0.15) is 0 Å². The minimum absolute atomic E-state index is 0.0487. The Bertz CT molecular complexity index is 874. The lowest BCUT2D eigenvalue weighted by Gasteiger charge is -2.37. The van der Waals surface area contributed by atoms with Crippen LogP contribution in [0.3, 0.4) is 0 Å². The Labute approximate surface area is 236 Å². The SMILES string of the molecule is CC(C)=CCC/C(C)=C/CC/C(C)=C/CC/C(C)=C\CCC(C)CCOP(=O)([O-])OC1OC[C@@H](O)[C@H](O)[C@H]1O. The van der Waals surface area contributed by atoms with Crippen molar-refractivity contribution in [1.82, 2.24) is 0 Å². The summed E-state index contributed by atoms with van der Waals surface area (Å²) in [5.41, 5.74) is 5.63. The van der Waals surface area contributed by atoms with Crippen molar-refractivity contribution in [2.24, 2.45) is 5.92 Å². The largest absolute Gasteiger partial charge is 0.756 e. The number of allylic oxidation sites excluding steroid dienone is 8. The maximum absolute atomic E-state index is 12.0. The summed E-state index contributed by atoms with van der Waals surface area (Å²) in [6, 6.07) is 0. The zero-order valence-electron chi connectivity index (χ0n) is 24.8. The summed E-state index contributed by atoms with van der Waals surface area (Å²) in [5.74, 6) is 0.253. The van der Waals surface area contributed by atoms with Crippen molar-refractivity contribution in [3.8, 4) is 0 Å². The molecule has 0 aliphatic carbocycles. The van der Waals surface area contributed by atoms with Crippen LogP contribution in [0.1, 0.15) is 99.3 Å². The highest BCUT2D eigenvalue weighted by Crippen LogP contribution is 2.42. The number of hydrogen-bond donors (Lipinski definition) is 3. The fourth-order valence-corrected chi connectivity index (χ4v) is 4.97. The highest BCUT2D eigenvalue weighted by molar-refractivity contribution is 7.45. The molecule has 0 aromatic carbocycles. The van der Waals surface area contributed by atoms with Crippen LogP contribution < -0.4 is 4.89 Å². The van der Waals surface area contributed by atoms with E-state index in [2.05, 4.69) is 58.9 Å². The third kappa shape index (κ3) is 16.7. The van der Waals surface area contributed by atoms with E-state index in [0.717, 1.165) is 51.4 Å². The summed E-state index contributed by atoms with van der Waals surface area (Å²) in [6.45, 7) is 12.5. The summed E-state index contributed by atoms with van der Waals surface area (Å²) in [7, 11) is -4.73. The molecule has 226 valence electrons. The molecule has 3 N–H and O–H groups in total. The van der Waals surface area contributed by atoms with E-state index in [1.165, 1.54) is 22.3 Å². The van der Waals surface area contributed by atoms with Gasteiger partial charge in [0.15, 0.2) is 6.29 Å². The van der Waals surface area contributed by atoms with Crippen molar-refractivity contribution in [3.05, 3.63) is 46.6 Å². The molecule has 9 heteroatoms. The molecule has 0 aromatic rings. The minimum atomic E-state index is -4.73. The van der Waals surface area contributed by atoms with E-state index in [1.54, 1.807) is 0 Å². The first-order valence-electron chi connectivity index (χ1n) is 14.2. The van der Waals surface area contributed by atoms with Crippen LogP contribution in [-0.2, 0) is 18.3 Å². The minimum Gasteiger partial charge on any atom is -0.756 e. The van der Waals surface area contributed by atoms with Gasteiger partial charge in [-0.05, 0) is 98.3 Å². The van der Waals surface area contributed by atoms with E-state index in [4.69, 9.17) is 13.8 Å². The summed E-state index contributed by atoms with van der Waals surface area (Å²) in [6.07, 6.45) is 12.0. The molecule has 0 bridgehead atoms. The first-order valence-corrected chi connectivity index (χ1v) is 15.7. The first kappa shape index (κ1) is 35.9. The second-order valence-corrected chi connectivity index (χ2v) is 12.5. The van der Waals surface area contributed by atoms with Gasteiger partial charge in [-0.25, -0.2) is 0 Å². The topological polar surface area (TPSA) is 129 Å². The molecule has 6 atom stereocenters. The average molecular weight is 572 g/mol. The fraction of sp³-hybridized carbons (Fsp3) is 0.733. The van der Waals surface area contributed by atoms with Crippen molar-refractivity contribution >= 4 is 7.82 Å². The highest BCUT2D eigenvalue weighted by atomic mass is 31.2. The van der Waals surface area contributed by atoms with Crippen LogP contribution in [0.2, 0.25) is 0 Å². The van der Waals surface area contributed by atoms with Gasteiger partial charge < -0.3 is 29.5 Å². The van der Waals surface area contributed by atoms with Crippen molar-refractivity contribution in [2.45, 2.75) is 124 Å². The Balaban J connectivity index is 2.23. The molecule has 39 heavy (non-hydrogen) atoms. The Morgan fingerprint density at radius 3 is 1.92 bits per heavy atom. The summed E-state index contributed by atoms with van der Waals surface area (Å²) in [4.78, 5) is 12.0. The quantitative estimate of drug-likeness (QED) is 0.137. The van der Waals surface area contributed by atoms with E-state index < -0.39 is 32.4 Å². The van der Waals surface area contributed by atoms with Gasteiger partial charge in [0, 0.05) is 0 Å². The molecular weight excluding hydrogens is 519 g/mol. The van der Waals surface area contributed by atoms with Gasteiger partial charge in [0.2, 0.25) is 0 Å². The molecule has 0 saturated carbocycles. The average Bonchev–Trinajstić information content (AvgIpc) is 2.84. The van der Waals surface area contributed by atoms with Crippen LogP contribution in [0.15, 0.2) is 46.6 Å². The highest BCUT2D eigenvalue weighted by Gasteiger charge is 2.40. The summed E-state index contributed by atoms with van der Waals surface area (Å²) in [5, 5.41) is 28.9. The van der Waals surface area contributed by atoms with Crippen LogP contribution in [0.5, 0.6) is 0 Å². The predicted molar refractivity (Wildman–Crippen MR) is 154 cm³/mol. The van der Waals surface area contributed by atoms with Crippen molar-refractivity contribution < 1.29 is 38.6 Å². The molecular formula is C30H52O8P-. The number of hydrogen-bond acceptors (Lipinski definition) is 8. The molecule has 1 fully saturated rings. The fourth-order valence-electron chi connectivity index (χ4n) is 4.14. The van der Waals surface area contributed by atoms with Gasteiger partial charge in [-0.1, -0.05) is 53.5 Å². The number of phosphoric ester groups is 1. The smallest absolute Gasteiger partial charge is 0.270 e. The van der Waals surface area contributed by atoms with Crippen molar-refractivity contribution in [1.29, 1.82) is 0 Å². The van der Waals surface area contributed by atoms with E-state index in [-0.39, 0.29) is 19.1 Å². The number of ether oxygens (including phenoxy) is 1. The molecule has 3 unspecified atom stereocenters. The first-order chi connectivity index (χ1) is 18.3. The molecule has 1 heterocycles. The Kier molecular flexibility index (Phi) is 17.6. The van der Waals surface area contributed by atoms with Crippen LogP contribution in [0.25, 0.3) is 0 Å². The summed E-state index contributed by atoms with van der Waals surface area (Å²) < 4.78 is 26.6. The normalized spacial score (nSPS) is 25.3. The maximum Gasteiger partial charge on any atom is 0.270 e. The standard InChI is InChI=1S/C30H53O8P/c1-22(2)11-7-12-23(3)13-8-14-24(4)15-9-16-25(5)17-10-18-26(6)19-20-37-39(34,35)38-30-29(33)28(32)27(31)21-36-30/h11,13,15,17,26-33H,7-10,12,14,16,18-21H2,1-6H3,(H,34,35)/p-1/b23-13+,24-15+,25-17-/t26?,27-,28+,29-,30?/m1/s1. The zero-order chi connectivity index (χ0) is 29.4. The second kappa shape index (κ2) is 19.1. The molecule has 0 amide bonds. The van der Waals surface area contributed by atoms with Gasteiger partial charge in [0.05, 0.1) is 13.2 Å². The van der Waals surface area contributed by atoms with Gasteiger partial charge in [-0.3, -0.25) is 9.09 Å². The molecule has 1 aliphatic heterocycles. The number of aliphatic hydroxyl groups excluding tert-OH is 3. The molecule has 1 aliphatic rings. The van der Waals surface area contributed by atoms with Crippen molar-refractivity contribution in [2.75, 3.05) is 13.2 Å². The third-order valence-corrected chi connectivity index (χ3v) is 7.82. The number of aliphatic hydroxyl groups is 3. The Morgan fingerprint density at radius 1 is 0.872 bits per heavy atom. The number of rotatable bonds is 18. The summed E-state index contributed by atoms with van der Waals surface area (Å²) >= 11 is 0. The van der Waals surface area contributed by atoms with Crippen molar-refractivity contribution in [3.63, 3.8) is 0 Å². The predicted octanol–water partition coefficient (Wildman–Crippen LogP) is 5.88. The van der Waals surface area contributed by atoms with Gasteiger partial charge in [0.25, 0.3) is 7.82 Å². The monoisotopic (exact) mass is 571 g/mol. The Morgan fingerprint density at radius 2 is 1.38 bits per heavy atom. The van der Waals surface area contributed by atoms with E-state index in [0.29, 0.717) is 6.42 Å². The molecule has 1 saturated heterocycles. The third-order valence-electron chi connectivity index (χ3n) is 6.85. The van der Waals surface area contributed by atoms with Gasteiger partial charge in [0.1, 0.15) is 18.3 Å². The van der Waals surface area contributed by atoms with E-state index in [1.807, 2.05) is 6.92 Å². The maximum atomic E-state index is 12.0. The molecule has 0 spiro atoms. The second-order valence-electron chi connectivity index (χ2n) is 11.2. The lowest BCUT2D eigenvalue weighted by atomic mass is 10.0. The molecule has 0 radical (unpaired) electrons. The van der Waals surface area contributed by atoms with E-state index >= 15 is 0 Å². The van der Waals surface area contributed by atoms with Gasteiger partial charge >= 0.3 is 0 Å². The van der Waals surface area contributed by atoms with Crippen LogP contribution in [0.4, 0.5) is 0 Å². The number of phosphoric acid groups is 1. The van der Waals surface area contributed by atoms with E-state index in [9.17, 15) is 24.8 Å². The molecule has 8 nitrogen and oxygen atoms in total. The van der Waals surface area contributed by atoms with Crippen LogP contribution in [0, 0.1) is 5.92 Å². The zero-order valence-corrected chi connectivity index (χ0v) is 25.7. The molecule has 1 rings (SSSR count). The van der Waals surface area contributed by atoms with Crippen LogP contribution >= 0.6 is 7.82 Å². The lowest BCUT2D eigenvalue weighted by Crippen LogP contribution is -2.53. The lowest BCUT2D eigenvalue weighted by molar-refractivity contribution is -0.283. The van der Waals surface area contributed by atoms with Gasteiger partial charge in [-0.15, -0.1) is 0 Å².